The normalized spacial score (nSPS) is 13.9. The van der Waals surface area contributed by atoms with Crippen molar-refractivity contribution in [2.45, 2.75) is 85.7 Å². The summed E-state index contributed by atoms with van der Waals surface area (Å²) >= 11 is 0. The van der Waals surface area contributed by atoms with Crippen LogP contribution in [0.5, 0.6) is 0 Å². The molecule has 0 saturated carbocycles. The van der Waals surface area contributed by atoms with Crippen LogP contribution in [0, 0.1) is 11.8 Å². The second-order valence-corrected chi connectivity index (χ2v) is 9.21. The monoisotopic (exact) mass is 428 g/mol. The third-order valence-corrected chi connectivity index (χ3v) is 4.71. The fourth-order valence-corrected chi connectivity index (χ4v) is 2.93. The van der Waals surface area contributed by atoms with Crippen LogP contribution in [0.25, 0.3) is 0 Å². The van der Waals surface area contributed by atoms with Gasteiger partial charge in [0.05, 0.1) is 25.9 Å². The first kappa shape index (κ1) is 28.7. The predicted octanol–water partition coefficient (Wildman–Crippen LogP) is 2.90. The molecule has 0 radical (unpaired) electrons. The Bertz CT molecular complexity index is 514. The number of carbonyl (C=O) groups is 3. The zero-order valence-corrected chi connectivity index (χ0v) is 20.1. The van der Waals surface area contributed by atoms with Crippen molar-refractivity contribution in [2.24, 2.45) is 11.8 Å². The van der Waals surface area contributed by atoms with Gasteiger partial charge in [0.1, 0.15) is 12.4 Å². The Morgan fingerprint density at radius 2 is 1.57 bits per heavy atom. The number of amides is 1. The van der Waals surface area contributed by atoms with Gasteiger partial charge in [0.15, 0.2) is 5.78 Å². The van der Waals surface area contributed by atoms with E-state index >= 15 is 0 Å². The van der Waals surface area contributed by atoms with E-state index in [0.717, 1.165) is 19.4 Å². The lowest BCUT2D eigenvalue weighted by Crippen LogP contribution is -2.44. The predicted molar refractivity (Wildman–Crippen MR) is 119 cm³/mol. The van der Waals surface area contributed by atoms with Crippen molar-refractivity contribution in [3.05, 3.63) is 0 Å². The minimum absolute atomic E-state index is 0.0116. The molecule has 2 unspecified atom stereocenters. The lowest BCUT2D eigenvalue weighted by molar-refractivity contribution is -0.132. The van der Waals surface area contributed by atoms with Crippen molar-refractivity contribution in [1.29, 1.82) is 0 Å². The van der Waals surface area contributed by atoms with Gasteiger partial charge in [0, 0.05) is 30.3 Å². The molecule has 0 heterocycles. The molecule has 0 aliphatic carbocycles. The van der Waals surface area contributed by atoms with E-state index in [1.54, 1.807) is 13.8 Å². The Labute approximate surface area is 183 Å². The quantitative estimate of drug-likeness (QED) is 0.346. The molecule has 30 heavy (non-hydrogen) atoms. The molecule has 7 heteroatoms. The lowest BCUT2D eigenvalue weighted by Gasteiger charge is -2.20. The maximum atomic E-state index is 12.4. The first-order chi connectivity index (χ1) is 14.0. The molecule has 0 aromatic rings. The Morgan fingerprint density at radius 1 is 0.933 bits per heavy atom. The average Bonchev–Trinajstić information content (AvgIpc) is 2.65. The molecule has 0 aliphatic heterocycles. The smallest absolute Gasteiger partial charge is 0.246 e. The van der Waals surface area contributed by atoms with E-state index < -0.39 is 6.04 Å². The van der Waals surface area contributed by atoms with E-state index in [1.165, 1.54) is 0 Å². The van der Waals surface area contributed by atoms with Gasteiger partial charge in [-0.05, 0) is 33.6 Å². The highest BCUT2D eigenvalue weighted by molar-refractivity contribution is 5.91. The van der Waals surface area contributed by atoms with Gasteiger partial charge in [0.2, 0.25) is 5.91 Å². The molecule has 7 nitrogen and oxygen atoms in total. The summed E-state index contributed by atoms with van der Waals surface area (Å²) in [5, 5.41) is 6.06. The van der Waals surface area contributed by atoms with Crippen LogP contribution in [0.15, 0.2) is 0 Å². The standard InChI is InChI=1S/C23H44N2O5/c1-8-9-18(4)20(26)11-10-19(22(28)17(2)3)25-21(27)16-30-15-14-29-13-12-24-23(5,6)7/h17-19,24H,8-16H2,1-7H3,(H,25,27). The van der Waals surface area contributed by atoms with Gasteiger partial charge < -0.3 is 20.1 Å². The summed E-state index contributed by atoms with van der Waals surface area (Å²) in [5.41, 5.74) is 0.0561. The van der Waals surface area contributed by atoms with E-state index in [-0.39, 0.29) is 41.5 Å². The Balaban J connectivity index is 4.24. The molecular formula is C23H44N2O5. The van der Waals surface area contributed by atoms with Crippen molar-refractivity contribution in [2.75, 3.05) is 33.0 Å². The fraction of sp³-hybridized carbons (Fsp3) is 0.870. The first-order valence-electron chi connectivity index (χ1n) is 11.2. The molecule has 0 aromatic heterocycles. The molecule has 1 amide bonds. The molecule has 0 saturated heterocycles. The molecular weight excluding hydrogens is 384 g/mol. The van der Waals surface area contributed by atoms with Crippen molar-refractivity contribution < 1.29 is 23.9 Å². The van der Waals surface area contributed by atoms with Gasteiger partial charge in [-0.1, -0.05) is 34.1 Å². The van der Waals surface area contributed by atoms with E-state index in [2.05, 4.69) is 31.4 Å². The van der Waals surface area contributed by atoms with Crippen LogP contribution < -0.4 is 10.6 Å². The van der Waals surface area contributed by atoms with E-state index in [4.69, 9.17) is 9.47 Å². The van der Waals surface area contributed by atoms with Gasteiger partial charge in [0.25, 0.3) is 0 Å². The van der Waals surface area contributed by atoms with Crippen LogP contribution in [0.2, 0.25) is 0 Å². The summed E-state index contributed by atoms with van der Waals surface area (Å²) in [7, 11) is 0. The van der Waals surface area contributed by atoms with E-state index in [1.807, 2.05) is 13.8 Å². The SMILES string of the molecule is CCCC(C)C(=O)CCC(NC(=O)COCCOCCNC(C)(C)C)C(=O)C(C)C. The van der Waals surface area contributed by atoms with Crippen molar-refractivity contribution >= 4 is 17.5 Å². The van der Waals surface area contributed by atoms with Crippen LogP contribution in [0.3, 0.4) is 0 Å². The number of hydrogen-bond donors (Lipinski definition) is 2. The van der Waals surface area contributed by atoms with Crippen LogP contribution in [0.1, 0.15) is 74.1 Å². The number of Topliss-reactive ketones (excluding diaryl/α,β-unsaturated/α-hetero) is 2. The maximum absolute atomic E-state index is 12.4. The van der Waals surface area contributed by atoms with Crippen molar-refractivity contribution in [3.63, 3.8) is 0 Å². The van der Waals surface area contributed by atoms with Crippen LogP contribution >= 0.6 is 0 Å². The summed E-state index contributed by atoms with van der Waals surface area (Å²) in [5.74, 6) is -0.495. The van der Waals surface area contributed by atoms with Gasteiger partial charge in [-0.2, -0.15) is 0 Å². The molecule has 0 spiro atoms. The van der Waals surface area contributed by atoms with Gasteiger partial charge in [-0.15, -0.1) is 0 Å². The number of nitrogens with one attached hydrogen (secondary N) is 2. The Kier molecular flexibility index (Phi) is 14.8. The van der Waals surface area contributed by atoms with Crippen LogP contribution in [0.4, 0.5) is 0 Å². The number of carbonyl (C=O) groups excluding carboxylic acids is 3. The summed E-state index contributed by atoms with van der Waals surface area (Å²) in [4.78, 5) is 36.8. The topological polar surface area (TPSA) is 93.7 Å². The zero-order valence-electron chi connectivity index (χ0n) is 20.1. The van der Waals surface area contributed by atoms with E-state index in [9.17, 15) is 14.4 Å². The summed E-state index contributed by atoms with van der Waals surface area (Å²) < 4.78 is 10.8. The highest BCUT2D eigenvalue weighted by Crippen LogP contribution is 2.13. The van der Waals surface area contributed by atoms with E-state index in [0.29, 0.717) is 32.7 Å². The number of ether oxygens (including phenoxy) is 2. The molecule has 2 N–H and O–H groups in total. The number of hydrogen-bond acceptors (Lipinski definition) is 6. The second kappa shape index (κ2) is 15.5. The Morgan fingerprint density at radius 3 is 2.13 bits per heavy atom. The average molecular weight is 429 g/mol. The summed E-state index contributed by atoms with van der Waals surface area (Å²) in [6, 6.07) is -0.654. The fourth-order valence-electron chi connectivity index (χ4n) is 2.93. The molecule has 0 aliphatic rings. The minimum atomic E-state index is -0.654. The van der Waals surface area contributed by atoms with Gasteiger partial charge >= 0.3 is 0 Å². The molecule has 0 rings (SSSR count). The first-order valence-corrected chi connectivity index (χ1v) is 11.2. The highest BCUT2D eigenvalue weighted by atomic mass is 16.5. The third-order valence-electron chi connectivity index (χ3n) is 4.71. The molecule has 0 fully saturated rings. The molecule has 176 valence electrons. The van der Waals surface area contributed by atoms with Gasteiger partial charge in [-0.25, -0.2) is 0 Å². The molecule has 0 aromatic carbocycles. The van der Waals surface area contributed by atoms with Crippen molar-refractivity contribution in [3.8, 4) is 0 Å². The molecule has 0 bridgehead atoms. The summed E-state index contributed by atoms with van der Waals surface area (Å²) in [6.45, 7) is 15.7. The second-order valence-electron chi connectivity index (χ2n) is 9.21. The lowest BCUT2D eigenvalue weighted by atomic mass is 9.92. The Hall–Kier alpha value is -1.31. The third kappa shape index (κ3) is 14.6. The minimum Gasteiger partial charge on any atom is -0.378 e. The number of rotatable bonds is 17. The largest absolute Gasteiger partial charge is 0.378 e. The maximum Gasteiger partial charge on any atom is 0.246 e. The van der Waals surface area contributed by atoms with Crippen LogP contribution in [-0.2, 0) is 23.9 Å². The zero-order chi connectivity index (χ0) is 23.2. The summed E-state index contributed by atoms with van der Waals surface area (Å²) in [6.07, 6.45) is 2.42. The van der Waals surface area contributed by atoms with Crippen LogP contribution in [-0.4, -0.2) is 62.0 Å². The highest BCUT2D eigenvalue weighted by Gasteiger charge is 2.24. The number of ketones is 2. The van der Waals surface area contributed by atoms with Gasteiger partial charge in [-0.3, -0.25) is 14.4 Å². The van der Waals surface area contributed by atoms with Crippen molar-refractivity contribution in [1.82, 2.24) is 10.6 Å². The molecule has 2 atom stereocenters.